The van der Waals surface area contributed by atoms with Gasteiger partial charge in [0.1, 0.15) is 11.7 Å². The second-order valence-corrected chi connectivity index (χ2v) is 4.03. The number of hydrogen-bond donors (Lipinski definition) is 1. The van der Waals surface area contributed by atoms with Crippen LogP contribution in [0.5, 0.6) is 0 Å². The van der Waals surface area contributed by atoms with Crippen LogP contribution in [0.4, 0.5) is 5.82 Å². The number of nitrogens with one attached hydrogen (secondary N) is 1. The van der Waals surface area contributed by atoms with Crippen LogP contribution in [0.15, 0.2) is 16.9 Å². The minimum atomic E-state index is -0.429. The van der Waals surface area contributed by atoms with Crippen molar-refractivity contribution < 1.29 is 13.7 Å². The summed E-state index contributed by atoms with van der Waals surface area (Å²) in [6.07, 6.45) is 1.42. The van der Waals surface area contributed by atoms with Gasteiger partial charge in [0.05, 0.1) is 0 Å². The molecule has 1 aromatic rings. The highest BCUT2D eigenvalue weighted by Crippen LogP contribution is 2.18. The summed E-state index contributed by atoms with van der Waals surface area (Å²) in [6.45, 7) is 0.336. The molecule has 1 heterocycles. The van der Waals surface area contributed by atoms with E-state index < -0.39 is 5.40 Å². The standard InChI is InChI=1S/C5H6N2O3P2/c8-11-5(12-9)3-6-4-1-2-10-7-4/h1-2,5H,3H2,(H,6,7). The van der Waals surface area contributed by atoms with Crippen molar-refractivity contribution in [2.24, 2.45) is 0 Å². The SMILES string of the molecule is O=PC(CNc1ccon1)P=O. The lowest BCUT2D eigenvalue weighted by Gasteiger charge is -1.99. The molecule has 12 heavy (non-hydrogen) atoms. The molecular formula is C5H6N2O3P2. The number of anilines is 1. The molecule has 1 aromatic heterocycles. The Morgan fingerprint density at radius 1 is 1.58 bits per heavy atom. The lowest BCUT2D eigenvalue weighted by atomic mass is 10.6. The largest absolute Gasteiger partial charge is 0.365 e. The van der Waals surface area contributed by atoms with Crippen LogP contribution < -0.4 is 5.32 Å². The molecule has 0 aromatic carbocycles. The maximum Gasteiger partial charge on any atom is 0.173 e. The molecule has 0 radical (unpaired) electrons. The van der Waals surface area contributed by atoms with Gasteiger partial charge < -0.3 is 9.84 Å². The van der Waals surface area contributed by atoms with Gasteiger partial charge in [0, 0.05) is 12.6 Å². The van der Waals surface area contributed by atoms with Gasteiger partial charge in [-0.3, -0.25) is 9.13 Å². The van der Waals surface area contributed by atoms with Crippen molar-refractivity contribution in [1.82, 2.24) is 5.16 Å². The molecule has 0 unspecified atom stereocenters. The summed E-state index contributed by atoms with van der Waals surface area (Å²) in [5.74, 6) is 0.548. The summed E-state index contributed by atoms with van der Waals surface area (Å²) in [4.78, 5) is 0. The average molecular weight is 204 g/mol. The molecule has 7 heteroatoms. The topological polar surface area (TPSA) is 72.2 Å². The normalized spacial score (nSPS) is 13.3. The Morgan fingerprint density at radius 2 is 2.33 bits per heavy atom. The lowest BCUT2D eigenvalue weighted by Crippen LogP contribution is -2.08. The maximum atomic E-state index is 10.3. The first-order valence-corrected chi connectivity index (χ1v) is 4.92. The van der Waals surface area contributed by atoms with Gasteiger partial charge in [0.25, 0.3) is 0 Å². The zero-order chi connectivity index (χ0) is 8.81. The van der Waals surface area contributed by atoms with E-state index in [1.54, 1.807) is 6.07 Å². The van der Waals surface area contributed by atoms with E-state index in [9.17, 15) is 9.13 Å². The maximum absolute atomic E-state index is 10.3. The Morgan fingerprint density at radius 3 is 2.83 bits per heavy atom. The summed E-state index contributed by atoms with van der Waals surface area (Å²) < 4.78 is 25.1. The van der Waals surface area contributed by atoms with Gasteiger partial charge in [-0.2, -0.15) is 0 Å². The zero-order valence-electron chi connectivity index (χ0n) is 6.01. The molecule has 0 aliphatic rings. The Balaban J connectivity index is 2.34. The fourth-order valence-electron chi connectivity index (χ4n) is 0.593. The molecule has 0 amide bonds. The zero-order valence-corrected chi connectivity index (χ0v) is 7.79. The first-order chi connectivity index (χ1) is 5.86. The Labute approximate surface area is 71.9 Å². The third kappa shape index (κ3) is 2.68. The molecule has 0 fully saturated rings. The highest BCUT2D eigenvalue weighted by Gasteiger charge is 2.07. The van der Waals surface area contributed by atoms with Crippen LogP contribution in [-0.4, -0.2) is 17.1 Å². The predicted octanol–water partition coefficient (Wildman–Crippen LogP) is 2.00. The van der Waals surface area contributed by atoms with Crippen molar-refractivity contribution in [2.75, 3.05) is 11.9 Å². The van der Waals surface area contributed by atoms with Gasteiger partial charge in [-0.25, -0.2) is 0 Å². The quantitative estimate of drug-likeness (QED) is 0.742. The van der Waals surface area contributed by atoms with E-state index in [0.29, 0.717) is 12.4 Å². The van der Waals surface area contributed by atoms with Crippen molar-refractivity contribution in [3.05, 3.63) is 12.3 Å². The van der Waals surface area contributed by atoms with Gasteiger partial charge >= 0.3 is 0 Å². The van der Waals surface area contributed by atoms with E-state index >= 15 is 0 Å². The molecule has 0 spiro atoms. The summed E-state index contributed by atoms with van der Waals surface area (Å²) in [7, 11) is -0.290. The summed E-state index contributed by atoms with van der Waals surface area (Å²) in [5, 5.41) is 5.94. The van der Waals surface area contributed by atoms with Crippen molar-refractivity contribution in [3.63, 3.8) is 0 Å². The van der Waals surface area contributed by atoms with Crippen LogP contribution in [0.25, 0.3) is 0 Å². The van der Waals surface area contributed by atoms with Crippen LogP contribution >= 0.6 is 16.9 Å². The molecule has 0 aliphatic heterocycles. The number of aromatic nitrogens is 1. The molecule has 0 bridgehead atoms. The number of hydrogen-bond acceptors (Lipinski definition) is 5. The van der Waals surface area contributed by atoms with Gasteiger partial charge in [-0.15, -0.1) is 0 Å². The molecule has 1 N–H and O–H groups in total. The molecular weight excluding hydrogens is 198 g/mol. The van der Waals surface area contributed by atoms with Gasteiger partial charge in [-0.1, -0.05) is 5.16 Å². The van der Waals surface area contributed by atoms with Crippen molar-refractivity contribution in [2.45, 2.75) is 5.40 Å². The van der Waals surface area contributed by atoms with Crippen molar-refractivity contribution in [1.29, 1.82) is 0 Å². The van der Waals surface area contributed by atoms with E-state index in [1.165, 1.54) is 6.26 Å². The van der Waals surface area contributed by atoms with Crippen molar-refractivity contribution >= 4 is 22.7 Å². The second-order valence-electron chi connectivity index (χ2n) is 1.96. The number of rotatable bonds is 5. The van der Waals surface area contributed by atoms with Crippen LogP contribution in [0.3, 0.4) is 0 Å². The summed E-state index contributed by atoms with van der Waals surface area (Å²) in [5.41, 5.74) is 0. The summed E-state index contributed by atoms with van der Waals surface area (Å²) >= 11 is 0. The highest BCUT2D eigenvalue weighted by atomic mass is 31.1. The molecule has 0 saturated heterocycles. The molecule has 64 valence electrons. The smallest absolute Gasteiger partial charge is 0.173 e. The molecule has 5 nitrogen and oxygen atoms in total. The van der Waals surface area contributed by atoms with E-state index in [1.807, 2.05) is 0 Å². The average Bonchev–Trinajstić information content (AvgIpc) is 2.59. The third-order valence-corrected chi connectivity index (χ3v) is 2.56. The monoisotopic (exact) mass is 204 g/mol. The Hall–Kier alpha value is -0.790. The van der Waals surface area contributed by atoms with Crippen molar-refractivity contribution in [3.8, 4) is 0 Å². The number of nitrogens with zero attached hydrogens (tertiary/aromatic N) is 1. The minimum absolute atomic E-state index is 0.145. The van der Waals surface area contributed by atoms with E-state index in [4.69, 9.17) is 0 Å². The molecule has 0 aliphatic carbocycles. The molecule has 0 saturated carbocycles. The Bertz CT molecular complexity index is 243. The van der Waals surface area contributed by atoms with E-state index in [0.717, 1.165) is 0 Å². The predicted molar refractivity (Wildman–Crippen MR) is 44.0 cm³/mol. The fraction of sp³-hybridized carbons (Fsp3) is 0.400. The lowest BCUT2D eigenvalue weighted by molar-refractivity contribution is 0.422. The van der Waals surface area contributed by atoms with Crippen LogP contribution in [-0.2, 0) is 9.13 Å². The third-order valence-electron chi connectivity index (χ3n) is 1.15. The molecule has 0 atom stereocenters. The second kappa shape index (κ2) is 4.96. The van der Waals surface area contributed by atoms with E-state index in [-0.39, 0.29) is 16.9 Å². The van der Waals surface area contributed by atoms with Gasteiger partial charge in [0.15, 0.2) is 22.7 Å². The van der Waals surface area contributed by atoms with Crippen LogP contribution in [0.1, 0.15) is 0 Å². The minimum Gasteiger partial charge on any atom is -0.365 e. The fourth-order valence-corrected chi connectivity index (χ4v) is 1.08. The van der Waals surface area contributed by atoms with Crippen LogP contribution in [0.2, 0.25) is 0 Å². The first-order valence-electron chi connectivity index (χ1n) is 3.16. The molecule has 1 rings (SSSR count). The van der Waals surface area contributed by atoms with Gasteiger partial charge in [0.2, 0.25) is 0 Å². The summed E-state index contributed by atoms with van der Waals surface area (Å²) in [6, 6.07) is 1.63. The highest BCUT2D eigenvalue weighted by molar-refractivity contribution is 7.44. The van der Waals surface area contributed by atoms with E-state index in [2.05, 4.69) is 15.0 Å². The van der Waals surface area contributed by atoms with Gasteiger partial charge in [-0.05, 0) is 0 Å². The Kier molecular flexibility index (Phi) is 3.85. The first kappa shape index (κ1) is 9.30. The van der Waals surface area contributed by atoms with Crippen LogP contribution in [0, 0.1) is 0 Å².